The second-order valence-corrected chi connectivity index (χ2v) is 4.88. The van der Waals surface area contributed by atoms with Crippen LogP contribution >= 0.6 is 12.6 Å². The number of ether oxygens (including phenoxy) is 1. The van der Waals surface area contributed by atoms with E-state index in [-0.39, 0.29) is 42.7 Å². The summed E-state index contributed by atoms with van der Waals surface area (Å²) in [6.45, 7) is 2.82. The Morgan fingerprint density at radius 2 is 1.39 bits per heavy atom. The molecule has 0 spiro atoms. The van der Waals surface area contributed by atoms with Crippen molar-refractivity contribution in [2.24, 2.45) is 0 Å². The van der Waals surface area contributed by atoms with Crippen molar-refractivity contribution < 1.29 is 40.5 Å². The summed E-state index contributed by atoms with van der Waals surface area (Å²) in [6, 6.07) is 0. The van der Waals surface area contributed by atoms with Crippen LogP contribution in [0.2, 0.25) is 0 Å². The van der Waals surface area contributed by atoms with Crippen LogP contribution in [0, 0.1) is 0 Å². The molecule has 18 heavy (non-hydrogen) atoms. The molecule has 0 N–H and O–H groups in total. The van der Waals surface area contributed by atoms with E-state index in [1.54, 1.807) is 0 Å². The second kappa shape index (κ2) is 17.8. The molecule has 0 saturated heterocycles. The SMILES string of the molecule is CCCCCCCCCCCCOC(=O)CS.[H-].[Na+]. The zero-order valence-corrected chi connectivity index (χ0v) is 15.1. The van der Waals surface area contributed by atoms with Gasteiger partial charge in [-0.3, -0.25) is 4.79 Å². The topological polar surface area (TPSA) is 26.3 Å². The van der Waals surface area contributed by atoms with Crippen LogP contribution in [0.3, 0.4) is 0 Å². The summed E-state index contributed by atoms with van der Waals surface area (Å²) in [6.07, 6.45) is 13.0. The maximum atomic E-state index is 10.8. The zero-order chi connectivity index (χ0) is 12.8. The number of unbranched alkanes of at least 4 members (excludes halogenated alkanes) is 9. The smallest absolute Gasteiger partial charge is 1.00 e. The van der Waals surface area contributed by atoms with Gasteiger partial charge in [-0.25, -0.2) is 0 Å². The molecule has 0 saturated carbocycles. The number of thiol groups is 1. The van der Waals surface area contributed by atoms with Gasteiger partial charge < -0.3 is 6.16 Å². The molecule has 0 aliphatic heterocycles. The van der Waals surface area contributed by atoms with Gasteiger partial charge in [-0.05, 0) is 6.42 Å². The van der Waals surface area contributed by atoms with Crippen molar-refractivity contribution in [2.75, 3.05) is 12.4 Å². The molecular formula is C14H29NaO2S. The van der Waals surface area contributed by atoms with Crippen LogP contribution in [0.5, 0.6) is 0 Å². The van der Waals surface area contributed by atoms with Gasteiger partial charge in [0.15, 0.2) is 0 Å². The maximum absolute atomic E-state index is 10.8. The normalized spacial score (nSPS) is 9.89. The van der Waals surface area contributed by atoms with Gasteiger partial charge in [0, 0.05) is 0 Å². The number of hydrogen-bond acceptors (Lipinski definition) is 3. The molecule has 104 valence electrons. The monoisotopic (exact) mass is 284 g/mol. The quantitative estimate of drug-likeness (QED) is 0.254. The molecule has 0 radical (unpaired) electrons. The van der Waals surface area contributed by atoms with Gasteiger partial charge in [0.25, 0.3) is 0 Å². The maximum Gasteiger partial charge on any atom is 1.00 e. The molecule has 0 amide bonds. The largest absolute Gasteiger partial charge is 1.00 e. The fraction of sp³-hybridized carbons (Fsp3) is 0.929. The third-order valence-electron chi connectivity index (χ3n) is 2.89. The van der Waals surface area contributed by atoms with Crippen molar-refractivity contribution in [2.45, 2.75) is 71.1 Å². The molecule has 0 aromatic heterocycles. The molecule has 2 nitrogen and oxygen atoms in total. The molecular weight excluding hydrogens is 255 g/mol. The minimum absolute atomic E-state index is 0. The van der Waals surface area contributed by atoms with Crippen molar-refractivity contribution in [1.29, 1.82) is 0 Å². The van der Waals surface area contributed by atoms with Gasteiger partial charge in [0.1, 0.15) is 0 Å². The third kappa shape index (κ3) is 16.8. The molecule has 0 aliphatic carbocycles. The minimum Gasteiger partial charge on any atom is -1.00 e. The molecule has 0 unspecified atom stereocenters. The van der Waals surface area contributed by atoms with E-state index in [4.69, 9.17) is 4.74 Å². The van der Waals surface area contributed by atoms with Crippen LogP contribution in [0.15, 0.2) is 0 Å². The van der Waals surface area contributed by atoms with E-state index in [1.165, 1.54) is 57.8 Å². The van der Waals surface area contributed by atoms with E-state index in [2.05, 4.69) is 19.6 Å². The molecule has 0 fully saturated rings. The number of carbonyl (C=O) groups excluding carboxylic acids is 1. The van der Waals surface area contributed by atoms with Crippen molar-refractivity contribution in [1.82, 2.24) is 0 Å². The average molecular weight is 284 g/mol. The van der Waals surface area contributed by atoms with E-state index in [9.17, 15) is 4.79 Å². The summed E-state index contributed by atoms with van der Waals surface area (Å²) in [5.74, 6) is -0.0122. The summed E-state index contributed by atoms with van der Waals surface area (Å²) >= 11 is 3.85. The van der Waals surface area contributed by atoms with Gasteiger partial charge >= 0.3 is 35.5 Å². The molecule has 4 heteroatoms. The van der Waals surface area contributed by atoms with Crippen molar-refractivity contribution >= 4 is 18.6 Å². The first-order chi connectivity index (χ1) is 8.31. The average Bonchev–Trinajstić information content (AvgIpc) is 2.35. The van der Waals surface area contributed by atoms with E-state index in [0.717, 1.165) is 6.42 Å². The summed E-state index contributed by atoms with van der Waals surface area (Å²) in [7, 11) is 0. The standard InChI is InChI=1S/C14H28O2S.Na.H/c1-2-3-4-5-6-7-8-9-10-11-12-16-14(15)13-17;;/h17H,2-13H2,1H3;;/q;+1;-1. The predicted octanol–water partition coefficient (Wildman–Crippen LogP) is 1.50. The first kappa shape index (κ1) is 21.1. The molecule has 0 rings (SSSR count). The van der Waals surface area contributed by atoms with E-state index >= 15 is 0 Å². The third-order valence-corrected chi connectivity index (χ3v) is 3.15. The molecule has 0 aliphatic rings. The van der Waals surface area contributed by atoms with Crippen LogP contribution in [0.25, 0.3) is 0 Å². The van der Waals surface area contributed by atoms with Crippen LogP contribution in [0.4, 0.5) is 0 Å². The van der Waals surface area contributed by atoms with Crippen molar-refractivity contribution in [3.05, 3.63) is 0 Å². The van der Waals surface area contributed by atoms with Crippen LogP contribution in [-0.4, -0.2) is 18.3 Å². The first-order valence-corrected chi connectivity index (χ1v) is 7.71. The number of hydrogen-bond donors (Lipinski definition) is 1. The zero-order valence-electron chi connectivity index (χ0n) is 13.2. The molecule has 0 aromatic carbocycles. The molecule has 0 aromatic rings. The van der Waals surface area contributed by atoms with Crippen molar-refractivity contribution in [3.63, 3.8) is 0 Å². The second-order valence-electron chi connectivity index (χ2n) is 4.56. The summed E-state index contributed by atoms with van der Waals surface area (Å²) in [4.78, 5) is 10.8. The molecule has 0 atom stereocenters. The Morgan fingerprint density at radius 3 is 1.83 bits per heavy atom. The van der Waals surface area contributed by atoms with E-state index in [1.807, 2.05) is 0 Å². The van der Waals surface area contributed by atoms with Crippen LogP contribution < -0.4 is 29.6 Å². The van der Waals surface area contributed by atoms with Gasteiger partial charge in [0.05, 0.1) is 12.4 Å². The van der Waals surface area contributed by atoms with Gasteiger partial charge in [0.2, 0.25) is 0 Å². The number of rotatable bonds is 12. The fourth-order valence-corrected chi connectivity index (χ4v) is 1.91. The Balaban J connectivity index is -0.00000128. The van der Waals surface area contributed by atoms with Gasteiger partial charge in [-0.15, -0.1) is 0 Å². The van der Waals surface area contributed by atoms with Gasteiger partial charge in [-0.2, -0.15) is 12.6 Å². The predicted molar refractivity (Wildman–Crippen MR) is 77.8 cm³/mol. The Kier molecular flexibility index (Phi) is 20.9. The first-order valence-electron chi connectivity index (χ1n) is 7.07. The summed E-state index contributed by atoms with van der Waals surface area (Å²) < 4.78 is 4.95. The number of carbonyl (C=O) groups is 1. The van der Waals surface area contributed by atoms with Crippen LogP contribution in [-0.2, 0) is 9.53 Å². The van der Waals surface area contributed by atoms with Crippen molar-refractivity contribution in [3.8, 4) is 0 Å². The molecule has 0 heterocycles. The van der Waals surface area contributed by atoms with E-state index in [0.29, 0.717) is 6.61 Å². The summed E-state index contributed by atoms with van der Waals surface area (Å²) in [5, 5.41) is 0. The Bertz CT molecular complexity index is 183. The number of esters is 1. The van der Waals surface area contributed by atoms with E-state index < -0.39 is 0 Å². The Hall–Kier alpha value is 0.820. The van der Waals surface area contributed by atoms with Crippen LogP contribution in [0.1, 0.15) is 72.6 Å². The Morgan fingerprint density at radius 1 is 0.944 bits per heavy atom. The minimum atomic E-state index is -0.204. The summed E-state index contributed by atoms with van der Waals surface area (Å²) in [5.41, 5.74) is 0. The fourth-order valence-electron chi connectivity index (χ4n) is 1.82. The molecule has 0 bridgehead atoms. The van der Waals surface area contributed by atoms with Gasteiger partial charge in [-0.1, -0.05) is 64.7 Å². The Labute approximate surface area is 142 Å².